The molecule has 18 heavy (non-hydrogen) atoms. The Morgan fingerprint density at radius 2 is 2.00 bits per heavy atom. The summed E-state index contributed by atoms with van der Waals surface area (Å²) in [5, 5.41) is 10.4. The molecule has 100 valence electrons. The second-order valence-corrected chi connectivity index (χ2v) is 3.00. The monoisotopic (exact) mass is 272 g/mol. The predicted molar refractivity (Wildman–Crippen MR) is 47.4 cm³/mol. The van der Waals surface area contributed by atoms with Gasteiger partial charge in [0.2, 0.25) is 0 Å². The molecule has 10 heteroatoms. The van der Waals surface area contributed by atoms with Gasteiger partial charge in [-0.1, -0.05) is 0 Å². The molecule has 0 N–H and O–H groups in total. The van der Waals surface area contributed by atoms with Crippen molar-refractivity contribution in [2.45, 2.75) is 12.6 Å². The van der Waals surface area contributed by atoms with Gasteiger partial charge in [0.1, 0.15) is 5.56 Å². The largest absolute Gasteiger partial charge is 0.495 e. The third-order valence-corrected chi connectivity index (χ3v) is 1.93. The van der Waals surface area contributed by atoms with Crippen LogP contribution in [0.4, 0.5) is 27.8 Å². The Morgan fingerprint density at radius 3 is 2.33 bits per heavy atom. The van der Waals surface area contributed by atoms with Gasteiger partial charge in [-0.3, -0.25) is 0 Å². The minimum absolute atomic E-state index is 0.289. The summed E-state index contributed by atoms with van der Waals surface area (Å²) in [5.41, 5.74) is -3.08. The van der Waals surface area contributed by atoms with E-state index in [1.54, 1.807) is 0 Å². The zero-order valence-corrected chi connectivity index (χ0v) is 8.66. The first kappa shape index (κ1) is 14.1. The van der Waals surface area contributed by atoms with Crippen molar-refractivity contribution in [1.82, 2.24) is 4.98 Å². The molecule has 0 bridgehead atoms. The number of alkyl halides is 5. The Balaban J connectivity index is 3.67. The van der Waals surface area contributed by atoms with E-state index in [0.717, 1.165) is 0 Å². The summed E-state index contributed by atoms with van der Waals surface area (Å²) in [6.45, 7) is 0. The van der Waals surface area contributed by atoms with E-state index in [4.69, 9.17) is 0 Å². The van der Waals surface area contributed by atoms with Gasteiger partial charge < -0.3 is 14.9 Å². The van der Waals surface area contributed by atoms with E-state index in [9.17, 15) is 32.1 Å². The van der Waals surface area contributed by atoms with Crippen molar-refractivity contribution in [3.8, 4) is 5.75 Å². The highest BCUT2D eigenvalue weighted by Gasteiger charge is 2.45. The van der Waals surface area contributed by atoms with E-state index in [2.05, 4.69) is 9.72 Å². The molecule has 0 aliphatic rings. The first-order valence-electron chi connectivity index (χ1n) is 4.26. The SMILES string of the molecule is COc1c(C(F)F)cnc([N+](=O)[O-])c1C(F)(F)F. The maximum absolute atomic E-state index is 12.6. The van der Waals surface area contributed by atoms with E-state index >= 15 is 0 Å². The van der Waals surface area contributed by atoms with Crippen molar-refractivity contribution in [1.29, 1.82) is 0 Å². The van der Waals surface area contributed by atoms with Crippen LogP contribution in [0.3, 0.4) is 0 Å². The van der Waals surface area contributed by atoms with Crippen molar-refractivity contribution in [2.75, 3.05) is 7.11 Å². The summed E-state index contributed by atoms with van der Waals surface area (Å²) in [6.07, 6.45) is -8.24. The lowest BCUT2D eigenvalue weighted by Gasteiger charge is -2.13. The zero-order valence-electron chi connectivity index (χ0n) is 8.66. The molecule has 0 spiro atoms. The van der Waals surface area contributed by atoms with E-state index in [0.29, 0.717) is 7.11 Å². The van der Waals surface area contributed by atoms with Crippen molar-refractivity contribution in [3.63, 3.8) is 0 Å². The fraction of sp³-hybridized carbons (Fsp3) is 0.375. The highest BCUT2D eigenvalue weighted by atomic mass is 19.4. The van der Waals surface area contributed by atoms with Gasteiger partial charge >= 0.3 is 12.0 Å². The second kappa shape index (κ2) is 4.70. The van der Waals surface area contributed by atoms with Gasteiger partial charge in [0, 0.05) is 0 Å². The maximum atomic E-state index is 12.6. The number of ether oxygens (including phenoxy) is 1. The van der Waals surface area contributed by atoms with Crippen LogP contribution in [0.25, 0.3) is 0 Å². The van der Waals surface area contributed by atoms with E-state index in [-0.39, 0.29) is 6.20 Å². The molecular weight excluding hydrogens is 267 g/mol. The highest BCUT2D eigenvalue weighted by Crippen LogP contribution is 2.44. The molecule has 1 heterocycles. The summed E-state index contributed by atoms with van der Waals surface area (Å²) in [4.78, 5) is 11.8. The fourth-order valence-electron chi connectivity index (χ4n) is 1.27. The standard InChI is InChI=1S/C8H5F5N2O3/c1-18-5-3(6(9)10)2-14-7(15(16)17)4(5)8(11,12)13/h2,6H,1H3. The van der Waals surface area contributed by atoms with E-state index in [1.165, 1.54) is 0 Å². The molecule has 1 aromatic heterocycles. The molecule has 0 saturated heterocycles. The van der Waals surface area contributed by atoms with Crippen LogP contribution in [0.5, 0.6) is 5.75 Å². The maximum Gasteiger partial charge on any atom is 0.428 e. The quantitative estimate of drug-likeness (QED) is 0.482. The number of hydrogen-bond donors (Lipinski definition) is 0. The lowest BCUT2D eigenvalue weighted by molar-refractivity contribution is -0.392. The number of methoxy groups -OCH3 is 1. The van der Waals surface area contributed by atoms with E-state index < -0.39 is 40.2 Å². The lowest BCUT2D eigenvalue weighted by Crippen LogP contribution is -2.14. The minimum Gasteiger partial charge on any atom is -0.495 e. The molecule has 0 aliphatic carbocycles. The molecule has 0 unspecified atom stereocenters. The second-order valence-electron chi connectivity index (χ2n) is 3.00. The van der Waals surface area contributed by atoms with Crippen LogP contribution in [-0.4, -0.2) is 17.0 Å². The lowest BCUT2D eigenvalue weighted by atomic mass is 10.1. The van der Waals surface area contributed by atoms with Crippen LogP contribution >= 0.6 is 0 Å². The topological polar surface area (TPSA) is 65.3 Å². The number of pyridine rings is 1. The average molecular weight is 272 g/mol. The smallest absolute Gasteiger partial charge is 0.428 e. The Morgan fingerprint density at radius 1 is 1.44 bits per heavy atom. The molecule has 0 atom stereocenters. The number of halogens is 5. The van der Waals surface area contributed by atoms with Crippen molar-refractivity contribution < 1.29 is 31.6 Å². The molecule has 0 aromatic carbocycles. The normalized spacial score (nSPS) is 11.7. The van der Waals surface area contributed by atoms with Gasteiger partial charge in [-0.15, -0.1) is 0 Å². The van der Waals surface area contributed by atoms with Gasteiger partial charge in [0.15, 0.2) is 17.5 Å². The third-order valence-electron chi connectivity index (χ3n) is 1.93. The van der Waals surface area contributed by atoms with Crippen LogP contribution < -0.4 is 4.74 Å². The van der Waals surface area contributed by atoms with Crippen molar-refractivity contribution >= 4 is 5.82 Å². The van der Waals surface area contributed by atoms with Gasteiger partial charge in [-0.05, 0) is 9.91 Å². The van der Waals surface area contributed by atoms with Crippen molar-refractivity contribution in [2.24, 2.45) is 0 Å². The van der Waals surface area contributed by atoms with Crippen LogP contribution in [0.1, 0.15) is 17.6 Å². The average Bonchev–Trinajstić information content (AvgIpc) is 2.25. The Hall–Kier alpha value is -2.00. The van der Waals surface area contributed by atoms with Gasteiger partial charge in [-0.2, -0.15) is 13.2 Å². The van der Waals surface area contributed by atoms with Crippen LogP contribution in [0, 0.1) is 10.1 Å². The van der Waals surface area contributed by atoms with Gasteiger partial charge in [0.05, 0.1) is 7.11 Å². The van der Waals surface area contributed by atoms with E-state index in [1.807, 2.05) is 0 Å². The molecule has 5 nitrogen and oxygen atoms in total. The third kappa shape index (κ3) is 2.46. The van der Waals surface area contributed by atoms with Gasteiger partial charge in [-0.25, -0.2) is 8.78 Å². The van der Waals surface area contributed by atoms with Crippen LogP contribution in [0.15, 0.2) is 6.20 Å². The Bertz CT molecular complexity index is 475. The predicted octanol–water partition coefficient (Wildman–Crippen LogP) is 2.95. The first-order chi connectivity index (χ1) is 8.20. The number of rotatable bonds is 3. The summed E-state index contributed by atoms with van der Waals surface area (Å²) < 4.78 is 67.0. The summed E-state index contributed by atoms with van der Waals surface area (Å²) in [7, 11) is 0.709. The summed E-state index contributed by atoms with van der Waals surface area (Å²) in [5.74, 6) is -2.87. The molecule has 0 saturated carbocycles. The number of hydrogen-bond acceptors (Lipinski definition) is 4. The molecule has 0 amide bonds. The van der Waals surface area contributed by atoms with Crippen LogP contribution in [-0.2, 0) is 6.18 Å². The molecule has 1 aromatic rings. The number of aromatic nitrogens is 1. The molecular formula is C8H5F5N2O3. The molecule has 0 aliphatic heterocycles. The minimum atomic E-state index is -5.23. The fourth-order valence-corrected chi connectivity index (χ4v) is 1.27. The highest BCUT2D eigenvalue weighted by molar-refractivity contribution is 5.51. The molecule has 1 rings (SSSR count). The number of nitrogens with zero attached hydrogens (tertiary/aromatic N) is 2. The number of nitro groups is 1. The zero-order chi connectivity index (χ0) is 14.1. The first-order valence-corrected chi connectivity index (χ1v) is 4.26. The molecule has 0 fully saturated rings. The Labute approximate surface area is 96.3 Å². The summed E-state index contributed by atoms with van der Waals surface area (Å²) in [6, 6.07) is 0. The molecule has 0 radical (unpaired) electrons. The van der Waals surface area contributed by atoms with Gasteiger partial charge in [0.25, 0.3) is 6.43 Å². The Kier molecular flexibility index (Phi) is 3.67. The summed E-state index contributed by atoms with van der Waals surface area (Å²) >= 11 is 0. The van der Waals surface area contributed by atoms with Crippen LogP contribution in [0.2, 0.25) is 0 Å². The van der Waals surface area contributed by atoms with Crippen molar-refractivity contribution in [3.05, 3.63) is 27.4 Å².